The Kier molecular flexibility index (Phi) is 6.28. The van der Waals surface area contributed by atoms with Crippen molar-refractivity contribution >= 4 is 22.6 Å². The van der Waals surface area contributed by atoms with Crippen molar-refractivity contribution in [2.45, 2.75) is 12.8 Å². The van der Waals surface area contributed by atoms with E-state index in [-0.39, 0.29) is 17.2 Å². The number of para-hydroxylation sites is 2. The molecule has 0 fully saturated rings. The van der Waals surface area contributed by atoms with Crippen LogP contribution in [-0.4, -0.2) is 27.7 Å². The number of aliphatic hydroxyl groups is 1. The van der Waals surface area contributed by atoms with Gasteiger partial charge >= 0.3 is 5.97 Å². The van der Waals surface area contributed by atoms with Gasteiger partial charge < -0.3 is 14.8 Å². The number of carbonyl (C=O) groups excluding carboxylic acids is 1. The van der Waals surface area contributed by atoms with Crippen LogP contribution in [-0.2, 0) is 17.6 Å². The van der Waals surface area contributed by atoms with Crippen LogP contribution in [0.2, 0.25) is 0 Å². The van der Waals surface area contributed by atoms with Gasteiger partial charge in [-0.3, -0.25) is 0 Å². The Morgan fingerprint density at radius 2 is 1.69 bits per heavy atom. The van der Waals surface area contributed by atoms with E-state index in [0.717, 1.165) is 17.5 Å². The zero-order valence-corrected chi connectivity index (χ0v) is 17.3. The number of aromatic amines is 1. The quantitative estimate of drug-likeness (QED) is 0.248. The Morgan fingerprint density at radius 1 is 0.969 bits per heavy atom. The molecule has 0 saturated heterocycles. The van der Waals surface area contributed by atoms with Crippen molar-refractivity contribution in [2.75, 3.05) is 6.61 Å². The topological polar surface area (TPSA) is 99.0 Å². The lowest BCUT2D eigenvalue weighted by atomic mass is 10.00. The van der Waals surface area contributed by atoms with Gasteiger partial charge in [-0.15, -0.1) is 0 Å². The highest BCUT2D eigenvalue weighted by atomic mass is 16.5. The van der Waals surface area contributed by atoms with Crippen molar-refractivity contribution in [3.8, 4) is 6.07 Å². The molecular weight excluding hydrogens is 402 g/mol. The molecule has 6 nitrogen and oxygen atoms in total. The number of esters is 1. The van der Waals surface area contributed by atoms with Crippen LogP contribution in [0.25, 0.3) is 16.6 Å². The summed E-state index contributed by atoms with van der Waals surface area (Å²) in [6.07, 6.45) is 1.47. The lowest BCUT2D eigenvalue weighted by Crippen LogP contribution is -2.12. The fraction of sp³-hybridized carbons (Fsp3) is 0.115. The van der Waals surface area contributed by atoms with Crippen LogP contribution in [0.1, 0.15) is 27.3 Å². The highest BCUT2D eigenvalue weighted by molar-refractivity contribution is 5.91. The van der Waals surface area contributed by atoms with Crippen molar-refractivity contribution in [3.63, 3.8) is 0 Å². The molecule has 0 saturated carbocycles. The van der Waals surface area contributed by atoms with Crippen molar-refractivity contribution in [1.82, 2.24) is 9.97 Å². The Hall–Kier alpha value is -4.37. The van der Waals surface area contributed by atoms with E-state index in [9.17, 15) is 15.2 Å². The summed E-state index contributed by atoms with van der Waals surface area (Å²) in [7, 11) is 0. The molecule has 0 atom stereocenters. The number of aliphatic hydroxyl groups excluding tert-OH is 1. The maximum Gasteiger partial charge on any atom is 0.338 e. The zero-order chi connectivity index (χ0) is 22.3. The minimum absolute atomic E-state index is 0.0636. The molecule has 4 rings (SSSR count). The summed E-state index contributed by atoms with van der Waals surface area (Å²) in [6.45, 7) is -0.425. The van der Waals surface area contributed by atoms with Crippen molar-refractivity contribution in [2.24, 2.45) is 0 Å². The first-order valence-corrected chi connectivity index (χ1v) is 10.2. The van der Waals surface area contributed by atoms with Crippen LogP contribution < -0.4 is 0 Å². The third-order valence-electron chi connectivity index (χ3n) is 5.13. The highest BCUT2D eigenvalue weighted by Crippen LogP contribution is 2.20. The highest BCUT2D eigenvalue weighted by Gasteiger charge is 2.17. The van der Waals surface area contributed by atoms with E-state index in [1.807, 2.05) is 66.7 Å². The number of nitriles is 1. The number of H-pyrrole nitrogens is 1. The van der Waals surface area contributed by atoms with Gasteiger partial charge in [0.25, 0.3) is 0 Å². The largest absolute Gasteiger partial charge is 0.507 e. The second-order valence-electron chi connectivity index (χ2n) is 7.25. The molecule has 32 heavy (non-hydrogen) atoms. The summed E-state index contributed by atoms with van der Waals surface area (Å²) in [5.41, 5.74) is 3.84. The number of nitrogens with one attached hydrogen (secondary N) is 1. The van der Waals surface area contributed by atoms with Gasteiger partial charge in [0.05, 0.1) is 16.6 Å². The Morgan fingerprint density at radius 3 is 2.47 bits per heavy atom. The van der Waals surface area contributed by atoms with Gasteiger partial charge in [-0.2, -0.15) is 5.26 Å². The summed E-state index contributed by atoms with van der Waals surface area (Å²) in [6, 6.07) is 26.5. The average Bonchev–Trinajstić information content (AvgIpc) is 3.26. The average molecular weight is 423 g/mol. The number of fused-ring (bicyclic) bond motifs is 1. The molecule has 6 heteroatoms. The number of nitrogens with zero attached hydrogens (tertiary/aromatic N) is 2. The first-order chi connectivity index (χ1) is 15.7. The number of allylic oxidation sites excluding steroid dienone is 1. The smallest absolute Gasteiger partial charge is 0.338 e. The van der Waals surface area contributed by atoms with Gasteiger partial charge in [0.1, 0.15) is 18.2 Å². The first-order valence-electron chi connectivity index (χ1n) is 10.2. The predicted octanol–water partition coefficient (Wildman–Crippen LogP) is 5.00. The Bertz CT molecular complexity index is 1280. The lowest BCUT2D eigenvalue weighted by Gasteiger charge is -2.10. The van der Waals surface area contributed by atoms with E-state index >= 15 is 0 Å². The molecule has 1 aromatic heterocycles. The number of imidazole rings is 1. The van der Waals surface area contributed by atoms with Gasteiger partial charge in [0, 0.05) is 0 Å². The summed E-state index contributed by atoms with van der Waals surface area (Å²) in [5.74, 6) is -0.686. The fourth-order valence-corrected chi connectivity index (χ4v) is 3.47. The van der Waals surface area contributed by atoms with Crippen molar-refractivity contribution in [3.05, 3.63) is 107 Å². The molecule has 158 valence electrons. The number of rotatable bonds is 7. The van der Waals surface area contributed by atoms with E-state index in [2.05, 4.69) is 9.97 Å². The van der Waals surface area contributed by atoms with Crippen LogP contribution in [0.4, 0.5) is 0 Å². The molecule has 0 radical (unpaired) electrons. The molecule has 0 aliphatic heterocycles. The monoisotopic (exact) mass is 423 g/mol. The van der Waals surface area contributed by atoms with Crippen LogP contribution in [0, 0.1) is 11.3 Å². The SMILES string of the molecule is N#C/C(=C(/O)COC(=O)c1ccccc1CCc1ccccc1)c1nc2ccccc2[nH]1. The van der Waals surface area contributed by atoms with E-state index in [4.69, 9.17) is 4.74 Å². The normalized spacial score (nSPS) is 11.6. The minimum atomic E-state index is -0.554. The molecule has 2 N–H and O–H groups in total. The van der Waals surface area contributed by atoms with Crippen LogP contribution in [0.3, 0.4) is 0 Å². The van der Waals surface area contributed by atoms with E-state index in [1.54, 1.807) is 18.2 Å². The minimum Gasteiger partial charge on any atom is -0.507 e. The number of aryl methyl sites for hydroxylation is 2. The van der Waals surface area contributed by atoms with Crippen LogP contribution in [0.5, 0.6) is 0 Å². The van der Waals surface area contributed by atoms with Crippen molar-refractivity contribution < 1.29 is 14.6 Å². The molecule has 0 spiro atoms. The van der Waals surface area contributed by atoms with Gasteiger partial charge in [0.15, 0.2) is 11.6 Å². The summed E-state index contributed by atoms with van der Waals surface area (Å²) >= 11 is 0. The second kappa shape index (κ2) is 9.63. The van der Waals surface area contributed by atoms with Crippen molar-refractivity contribution in [1.29, 1.82) is 5.26 Å². The first kappa shape index (κ1) is 20.9. The maximum atomic E-state index is 12.7. The van der Waals surface area contributed by atoms with E-state index in [1.165, 1.54) is 5.56 Å². The van der Waals surface area contributed by atoms with E-state index < -0.39 is 12.6 Å². The molecule has 0 bridgehead atoms. The number of ether oxygens (including phenoxy) is 1. The molecule has 0 amide bonds. The molecule has 0 aliphatic carbocycles. The van der Waals surface area contributed by atoms with Gasteiger partial charge in [-0.25, -0.2) is 9.78 Å². The zero-order valence-electron chi connectivity index (χ0n) is 17.3. The van der Waals surface area contributed by atoms with Gasteiger partial charge in [-0.05, 0) is 42.2 Å². The molecule has 0 unspecified atom stereocenters. The molecule has 0 aliphatic rings. The van der Waals surface area contributed by atoms with Crippen LogP contribution in [0.15, 0.2) is 84.6 Å². The predicted molar refractivity (Wildman–Crippen MR) is 122 cm³/mol. The Balaban J connectivity index is 1.47. The third-order valence-corrected chi connectivity index (χ3v) is 5.13. The summed E-state index contributed by atoms with van der Waals surface area (Å²) in [4.78, 5) is 20.0. The standard InChI is InChI=1S/C26H21N3O3/c27-16-21(25-28-22-12-6-7-13-23(22)29-25)24(30)17-32-26(31)20-11-5-4-10-19(20)15-14-18-8-2-1-3-9-18/h1-13,30H,14-15,17H2,(H,28,29)/b24-21-. The van der Waals surface area contributed by atoms with E-state index in [0.29, 0.717) is 17.5 Å². The number of hydrogen-bond acceptors (Lipinski definition) is 5. The lowest BCUT2D eigenvalue weighted by molar-refractivity contribution is 0.0501. The summed E-state index contributed by atoms with van der Waals surface area (Å²) in [5, 5.41) is 19.9. The maximum absolute atomic E-state index is 12.7. The van der Waals surface area contributed by atoms with Gasteiger partial charge in [-0.1, -0.05) is 60.7 Å². The number of aromatic nitrogens is 2. The third kappa shape index (κ3) is 4.68. The molecule has 3 aromatic carbocycles. The second-order valence-corrected chi connectivity index (χ2v) is 7.25. The molecular formula is C26H21N3O3. The molecule has 4 aromatic rings. The molecule has 1 heterocycles. The number of carbonyl (C=O) groups is 1. The number of benzene rings is 3. The number of hydrogen-bond donors (Lipinski definition) is 2. The Labute approximate surface area is 185 Å². The van der Waals surface area contributed by atoms with Gasteiger partial charge in [0.2, 0.25) is 0 Å². The van der Waals surface area contributed by atoms with Crippen LogP contribution >= 0.6 is 0 Å². The fourth-order valence-electron chi connectivity index (χ4n) is 3.47. The summed E-state index contributed by atoms with van der Waals surface area (Å²) < 4.78 is 5.32.